The van der Waals surface area contributed by atoms with E-state index in [0.29, 0.717) is 19.3 Å². The Hall–Kier alpha value is -1.86. The summed E-state index contributed by atoms with van der Waals surface area (Å²) in [6.07, 6.45) is 59.5. The van der Waals surface area contributed by atoms with E-state index in [1.54, 1.807) is 6.08 Å². The number of unbranched alkanes of at least 4 members (excludes halogenated alkanes) is 45. The van der Waals surface area contributed by atoms with Gasteiger partial charge in [-0.3, -0.25) is 9.59 Å². The zero-order valence-electron chi connectivity index (χ0n) is 53.2. The average Bonchev–Trinajstić information content (AvgIpc) is 3.51. The third-order valence-electron chi connectivity index (χ3n) is 16.9. The summed E-state index contributed by atoms with van der Waals surface area (Å²) < 4.78 is 17.7. The molecule has 478 valence electrons. The molecule has 0 aromatic rings. The Bertz CT molecular complexity index is 1410. The number of amides is 1. The van der Waals surface area contributed by atoms with E-state index >= 15 is 0 Å². The summed E-state index contributed by atoms with van der Waals surface area (Å²) in [6, 6.07) is -1.02. The summed E-state index contributed by atoms with van der Waals surface area (Å²) in [5, 5.41) is 57.1. The van der Waals surface area contributed by atoms with Crippen molar-refractivity contribution in [2.75, 3.05) is 13.2 Å². The highest BCUT2D eigenvalue weighted by atomic mass is 16.7. The number of carbonyl (C=O) groups excluding carboxylic acids is 2. The molecule has 0 radical (unpaired) electrons. The van der Waals surface area contributed by atoms with Crippen LogP contribution in [0.25, 0.3) is 0 Å². The molecule has 11 nitrogen and oxygen atoms in total. The van der Waals surface area contributed by atoms with Crippen LogP contribution in [0.5, 0.6) is 0 Å². The standard InChI is InChI=1S/C70H133NO10/c1-4-7-10-13-16-19-22-24-26-27-28-29-30-31-32-33-34-35-36-38-39-42-45-48-51-54-57-63(74)69(78)71-61(62(73)56-53-50-47-44-41-21-18-15-12-9-6-3)60-79-70-68(67(77)66(76)64(59-72)80-70)81-65(75)58-55-52-49-46-43-40-37-25-23-20-17-14-11-8-5-2/h24,26,53,56,61-64,66-68,70,72-74,76-77H,4-23,25,27-52,54-55,57-60H2,1-3H3,(H,71,78)/b26-24+,56-53+. The first-order valence-corrected chi connectivity index (χ1v) is 35.1. The maximum Gasteiger partial charge on any atom is 0.306 e. The Morgan fingerprint density at radius 1 is 0.469 bits per heavy atom. The van der Waals surface area contributed by atoms with Gasteiger partial charge in [-0.25, -0.2) is 0 Å². The molecule has 1 saturated heterocycles. The second-order valence-electron chi connectivity index (χ2n) is 24.6. The van der Waals surface area contributed by atoms with Crippen LogP contribution < -0.4 is 5.32 Å². The lowest BCUT2D eigenvalue weighted by Gasteiger charge is -2.41. The minimum Gasteiger partial charge on any atom is -0.454 e. The van der Waals surface area contributed by atoms with Crippen LogP contribution in [-0.2, 0) is 23.8 Å². The van der Waals surface area contributed by atoms with Crippen LogP contribution in [0, 0.1) is 0 Å². The van der Waals surface area contributed by atoms with E-state index in [1.807, 2.05) is 6.08 Å². The normalized spacial score (nSPS) is 18.7. The molecule has 1 aliphatic rings. The summed E-state index contributed by atoms with van der Waals surface area (Å²) in [7, 11) is 0. The van der Waals surface area contributed by atoms with Gasteiger partial charge in [0, 0.05) is 6.42 Å². The van der Waals surface area contributed by atoms with Gasteiger partial charge in [-0.15, -0.1) is 0 Å². The monoisotopic (exact) mass is 1150 g/mol. The Labute approximate surface area is 499 Å². The number of aliphatic hydroxyl groups is 5. The minimum absolute atomic E-state index is 0.130. The summed E-state index contributed by atoms with van der Waals surface area (Å²) >= 11 is 0. The molecule has 11 heteroatoms. The van der Waals surface area contributed by atoms with Crippen molar-refractivity contribution in [1.82, 2.24) is 5.32 Å². The van der Waals surface area contributed by atoms with Gasteiger partial charge in [-0.1, -0.05) is 315 Å². The maximum atomic E-state index is 13.5. The third kappa shape index (κ3) is 46.1. The van der Waals surface area contributed by atoms with E-state index < -0.39 is 67.4 Å². The van der Waals surface area contributed by atoms with Gasteiger partial charge < -0.3 is 45.1 Å². The molecule has 6 N–H and O–H groups in total. The van der Waals surface area contributed by atoms with Crippen LogP contribution in [0.2, 0.25) is 0 Å². The van der Waals surface area contributed by atoms with Gasteiger partial charge in [0.2, 0.25) is 5.91 Å². The summed E-state index contributed by atoms with van der Waals surface area (Å²) in [5.41, 5.74) is 0. The Morgan fingerprint density at radius 3 is 1.20 bits per heavy atom. The molecule has 1 rings (SSSR count). The molecule has 81 heavy (non-hydrogen) atoms. The van der Waals surface area contributed by atoms with Crippen LogP contribution in [0.1, 0.15) is 348 Å². The zero-order chi connectivity index (χ0) is 58.9. The molecule has 1 fully saturated rings. The summed E-state index contributed by atoms with van der Waals surface area (Å²) in [5.74, 6) is -1.18. The van der Waals surface area contributed by atoms with Gasteiger partial charge in [0.1, 0.15) is 24.4 Å². The molecule has 0 aliphatic carbocycles. The first-order valence-electron chi connectivity index (χ1n) is 35.1. The first-order chi connectivity index (χ1) is 39.7. The van der Waals surface area contributed by atoms with Gasteiger partial charge in [-0.2, -0.15) is 0 Å². The predicted octanol–water partition coefficient (Wildman–Crippen LogP) is 17.6. The number of carbonyl (C=O) groups is 2. The van der Waals surface area contributed by atoms with Gasteiger partial charge in [0.05, 0.1) is 25.4 Å². The molecule has 1 heterocycles. The largest absolute Gasteiger partial charge is 0.454 e. The highest BCUT2D eigenvalue weighted by Crippen LogP contribution is 2.26. The molecular weight excluding hydrogens is 1010 g/mol. The van der Waals surface area contributed by atoms with Crippen molar-refractivity contribution in [2.24, 2.45) is 0 Å². The highest BCUT2D eigenvalue weighted by molar-refractivity contribution is 5.80. The number of hydrogen-bond acceptors (Lipinski definition) is 10. The third-order valence-corrected chi connectivity index (χ3v) is 16.9. The molecule has 0 aromatic heterocycles. The molecule has 1 aliphatic heterocycles. The van der Waals surface area contributed by atoms with Crippen LogP contribution in [0.4, 0.5) is 0 Å². The fourth-order valence-electron chi connectivity index (χ4n) is 11.3. The van der Waals surface area contributed by atoms with Crippen molar-refractivity contribution in [1.29, 1.82) is 0 Å². The fraction of sp³-hybridized carbons (Fsp3) is 0.914. The van der Waals surface area contributed by atoms with Crippen molar-refractivity contribution in [3.63, 3.8) is 0 Å². The molecule has 8 atom stereocenters. The predicted molar refractivity (Wildman–Crippen MR) is 338 cm³/mol. The molecule has 0 spiro atoms. The number of nitrogens with one attached hydrogen (secondary N) is 1. The van der Waals surface area contributed by atoms with Crippen molar-refractivity contribution >= 4 is 11.9 Å². The smallest absolute Gasteiger partial charge is 0.306 e. The van der Waals surface area contributed by atoms with E-state index in [2.05, 4.69) is 38.2 Å². The van der Waals surface area contributed by atoms with Gasteiger partial charge >= 0.3 is 5.97 Å². The SMILES string of the molecule is CCCCCCCC/C=C/CCCCCCCCCCCCCCCCCCC(O)C(=O)NC(COC1OC(CO)C(O)C(O)C1OC(=O)CCCCCCCCCCCCCCCCC)C(O)/C=C/CCCCCCCCCCC. The lowest BCUT2D eigenvalue weighted by Crippen LogP contribution is -2.61. The number of rotatable bonds is 61. The van der Waals surface area contributed by atoms with E-state index in [4.69, 9.17) is 14.2 Å². The first kappa shape index (κ1) is 77.2. The molecule has 0 saturated carbocycles. The van der Waals surface area contributed by atoms with E-state index in [9.17, 15) is 35.1 Å². The molecular formula is C70H133NO10. The molecule has 0 bridgehead atoms. The maximum absolute atomic E-state index is 13.5. The van der Waals surface area contributed by atoms with Crippen LogP contribution in [0.15, 0.2) is 24.3 Å². The highest BCUT2D eigenvalue weighted by Gasteiger charge is 2.47. The topological polar surface area (TPSA) is 175 Å². The second kappa shape index (κ2) is 58.5. The second-order valence-corrected chi connectivity index (χ2v) is 24.6. The van der Waals surface area contributed by atoms with Crippen molar-refractivity contribution < 1.29 is 49.3 Å². The zero-order valence-corrected chi connectivity index (χ0v) is 53.2. The van der Waals surface area contributed by atoms with Crippen molar-refractivity contribution in [2.45, 2.75) is 397 Å². The quantitative estimate of drug-likeness (QED) is 0.0195. The van der Waals surface area contributed by atoms with E-state index in [0.717, 1.165) is 57.8 Å². The van der Waals surface area contributed by atoms with Gasteiger partial charge in [-0.05, 0) is 51.4 Å². The molecule has 1 amide bonds. The Balaban J connectivity index is 2.52. The number of allylic oxidation sites excluding steroid dienone is 3. The van der Waals surface area contributed by atoms with E-state index in [1.165, 1.54) is 244 Å². The summed E-state index contributed by atoms with van der Waals surface area (Å²) in [4.78, 5) is 26.6. The van der Waals surface area contributed by atoms with Crippen LogP contribution in [0.3, 0.4) is 0 Å². The average molecular weight is 1150 g/mol. The number of aliphatic hydroxyl groups excluding tert-OH is 5. The fourth-order valence-corrected chi connectivity index (χ4v) is 11.3. The number of esters is 1. The van der Waals surface area contributed by atoms with Crippen molar-refractivity contribution in [3.05, 3.63) is 24.3 Å². The molecule has 8 unspecified atom stereocenters. The van der Waals surface area contributed by atoms with E-state index in [-0.39, 0.29) is 13.0 Å². The van der Waals surface area contributed by atoms with Crippen molar-refractivity contribution in [3.8, 4) is 0 Å². The summed E-state index contributed by atoms with van der Waals surface area (Å²) in [6.45, 7) is 5.83. The Morgan fingerprint density at radius 2 is 0.815 bits per heavy atom. The Kier molecular flexibility index (Phi) is 55.7. The number of ether oxygens (including phenoxy) is 3. The van der Waals surface area contributed by atoms with Gasteiger partial charge in [0.25, 0.3) is 0 Å². The molecule has 0 aromatic carbocycles. The van der Waals surface area contributed by atoms with Crippen LogP contribution in [-0.4, -0.2) is 99.6 Å². The minimum atomic E-state index is -1.61. The number of hydrogen-bond donors (Lipinski definition) is 6. The van der Waals surface area contributed by atoms with Gasteiger partial charge in [0.15, 0.2) is 12.4 Å². The van der Waals surface area contributed by atoms with Crippen LogP contribution >= 0.6 is 0 Å². The lowest BCUT2D eigenvalue weighted by atomic mass is 9.99. The lowest BCUT2D eigenvalue weighted by molar-refractivity contribution is -0.305.